The van der Waals surface area contributed by atoms with Gasteiger partial charge in [0.2, 0.25) is 5.91 Å². The summed E-state index contributed by atoms with van der Waals surface area (Å²) < 4.78 is 0. The molecule has 0 N–H and O–H groups in total. The van der Waals surface area contributed by atoms with E-state index in [-0.39, 0.29) is 5.91 Å². The number of halogens is 1. The minimum absolute atomic E-state index is 0.0702. The highest BCUT2D eigenvalue weighted by molar-refractivity contribution is 6.31. The zero-order valence-electron chi connectivity index (χ0n) is 10.1. The van der Waals surface area contributed by atoms with Crippen molar-refractivity contribution >= 4 is 17.5 Å². The molecule has 3 nitrogen and oxygen atoms in total. The van der Waals surface area contributed by atoms with Crippen LogP contribution in [0.1, 0.15) is 24.8 Å². The highest BCUT2D eigenvalue weighted by Crippen LogP contribution is 2.28. The molecule has 18 heavy (non-hydrogen) atoms. The molecule has 2 rings (SSSR count). The van der Waals surface area contributed by atoms with Crippen molar-refractivity contribution in [1.29, 1.82) is 5.26 Å². The van der Waals surface area contributed by atoms with E-state index in [4.69, 9.17) is 16.9 Å². The maximum atomic E-state index is 12.2. The molecule has 1 saturated carbocycles. The number of rotatable bonds is 5. The van der Waals surface area contributed by atoms with Gasteiger partial charge in [-0.25, -0.2) is 0 Å². The van der Waals surface area contributed by atoms with E-state index in [1.165, 1.54) is 0 Å². The largest absolute Gasteiger partial charge is 0.338 e. The topological polar surface area (TPSA) is 44.1 Å². The van der Waals surface area contributed by atoms with Gasteiger partial charge in [-0.2, -0.15) is 5.26 Å². The third kappa shape index (κ3) is 3.24. The average Bonchev–Trinajstić information content (AvgIpc) is 3.17. The summed E-state index contributed by atoms with van der Waals surface area (Å²) >= 11 is 6.05. The minimum Gasteiger partial charge on any atom is -0.338 e. The Morgan fingerprint density at radius 3 is 2.78 bits per heavy atom. The normalized spacial score (nSPS) is 14.0. The maximum absolute atomic E-state index is 12.2. The van der Waals surface area contributed by atoms with Gasteiger partial charge in [-0.05, 0) is 24.5 Å². The summed E-state index contributed by atoms with van der Waals surface area (Å²) in [5, 5.41) is 9.25. The highest BCUT2D eigenvalue weighted by atomic mass is 35.5. The first-order chi connectivity index (χ1) is 8.72. The van der Waals surface area contributed by atoms with Gasteiger partial charge >= 0.3 is 0 Å². The summed E-state index contributed by atoms with van der Waals surface area (Å²) in [4.78, 5) is 14.0. The zero-order valence-corrected chi connectivity index (χ0v) is 10.9. The lowest BCUT2D eigenvalue weighted by atomic mass is 10.1. The van der Waals surface area contributed by atoms with Crippen LogP contribution in [0.3, 0.4) is 0 Å². The van der Waals surface area contributed by atoms with Crippen LogP contribution in [-0.4, -0.2) is 23.4 Å². The fourth-order valence-electron chi connectivity index (χ4n) is 1.97. The lowest BCUT2D eigenvalue weighted by Crippen LogP contribution is -2.35. The molecule has 1 fully saturated rings. The van der Waals surface area contributed by atoms with E-state index in [9.17, 15) is 4.79 Å². The van der Waals surface area contributed by atoms with Gasteiger partial charge in [-0.3, -0.25) is 4.79 Å². The van der Waals surface area contributed by atoms with E-state index < -0.39 is 0 Å². The molecule has 1 aromatic carbocycles. The van der Waals surface area contributed by atoms with Crippen LogP contribution >= 0.6 is 11.6 Å². The second kappa shape index (κ2) is 5.88. The fraction of sp³-hybridized carbons (Fsp3) is 0.429. The van der Waals surface area contributed by atoms with Crippen molar-refractivity contribution in [3.63, 3.8) is 0 Å². The summed E-state index contributed by atoms with van der Waals surface area (Å²) in [6.45, 7) is 0.532. The Morgan fingerprint density at radius 1 is 1.44 bits per heavy atom. The average molecular weight is 263 g/mol. The van der Waals surface area contributed by atoms with Crippen molar-refractivity contribution in [2.45, 2.75) is 31.7 Å². The molecule has 0 aromatic heterocycles. The summed E-state index contributed by atoms with van der Waals surface area (Å²) in [7, 11) is 0. The molecule has 1 aliphatic carbocycles. The number of nitrogens with zero attached hydrogens (tertiary/aromatic N) is 2. The van der Waals surface area contributed by atoms with Crippen molar-refractivity contribution in [2.75, 3.05) is 6.54 Å². The van der Waals surface area contributed by atoms with E-state index >= 15 is 0 Å². The Hall–Kier alpha value is -1.53. The Bertz CT molecular complexity index is 477. The van der Waals surface area contributed by atoms with E-state index in [0.717, 1.165) is 18.4 Å². The van der Waals surface area contributed by atoms with Crippen LogP contribution in [0.25, 0.3) is 0 Å². The standard InChI is InChI=1S/C14H15ClN2O/c15-13-5-2-1-4-11(13)10-14(18)17(9-3-8-16)12-6-7-12/h1-2,4-5,12H,3,6-7,9-10H2. The summed E-state index contributed by atoms with van der Waals surface area (Å²) in [6, 6.07) is 9.83. The number of carbonyl (C=O) groups is 1. The lowest BCUT2D eigenvalue weighted by molar-refractivity contribution is -0.131. The smallest absolute Gasteiger partial charge is 0.227 e. The maximum Gasteiger partial charge on any atom is 0.227 e. The molecular formula is C14H15ClN2O. The van der Waals surface area contributed by atoms with E-state index in [1.807, 2.05) is 23.1 Å². The molecule has 0 atom stereocenters. The van der Waals surface area contributed by atoms with E-state index in [2.05, 4.69) is 6.07 Å². The molecule has 0 radical (unpaired) electrons. The number of amides is 1. The molecule has 4 heteroatoms. The Morgan fingerprint density at radius 2 is 2.17 bits per heavy atom. The first-order valence-corrected chi connectivity index (χ1v) is 6.50. The van der Waals surface area contributed by atoms with Crippen molar-refractivity contribution in [2.24, 2.45) is 0 Å². The van der Waals surface area contributed by atoms with Gasteiger partial charge in [0.1, 0.15) is 0 Å². The fourth-order valence-corrected chi connectivity index (χ4v) is 2.18. The molecule has 0 bridgehead atoms. The molecule has 1 aliphatic rings. The van der Waals surface area contributed by atoms with Crippen molar-refractivity contribution in [1.82, 2.24) is 4.90 Å². The molecule has 0 unspecified atom stereocenters. The second-order valence-electron chi connectivity index (χ2n) is 4.49. The lowest BCUT2D eigenvalue weighted by Gasteiger charge is -2.21. The van der Waals surface area contributed by atoms with Crippen LogP contribution in [0.4, 0.5) is 0 Å². The van der Waals surface area contributed by atoms with Gasteiger partial charge < -0.3 is 4.90 Å². The molecule has 0 aliphatic heterocycles. The SMILES string of the molecule is N#CCCN(C(=O)Cc1ccccc1Cl)C1CC1. The Balaban J connectivity index is 2.01. The molecule has 1 amide bonds. The van der Waals surface area contributed by atoms with E-state index in [1.54, 1.807) is 6.07 Å². The molecule has 94 valence electrons. The number of hydrogen-bond donors (Lipinski definition) is 0. The second-order valence-corrected chi connectivity index (χ2v) is 4.90. The summed E-state index contributed by atoms with van der Waals surface area (Å²) in [5.41, 5.74) is 0.853. The van der Waals surface area contributed by atoms with Gasteiger partial charge in [-0.15, -0.1) is 0 Å². The van der Waals surface area contributed by atoms with Gasteiger partial charge in [0, 0.05) is 17.6 Å². The van der Waals surface area contributed by atoms with Gasteiger partial charge in [0.15, 0.2) is 0 Å². The van der Waals surface area contributed by atoms with Crippen LogP contribution in [0.2, 0.25) is 5.02 Å². The van der Waals surface area contributed by atoms with Crippen LogP contribution in [-0.2, 0) is 11.2 Å². The molecule has 0 saturated heterocycles. The molecule has 0 spiro atoms. The number of nitriles is 1. The first kappa shape index (κ1) is 12.9. The third-order valence-corrected chi connectivity index (χ3v) is 3.44. The Kier molecular flexibility index (Phi) is 4.22. The summed E-state index contributed by atoms with van der Waals surface area (Å²) in [5.74, 6) is 0.0702. The Labute approximate surface area is 112 Å². The number of benzene rings is 1. The first-order valence-electron chi connectivity index (χ1n) is 6.12. The predicted octanol–water partition coefficient (Wildman–Crippen LogP) is 2.79. The molecular weight excluding hydrogens is 248 g/mol. The zero-order chi connectivity index (χ0) is 13.0. The third-order valence-electron chi connectivity index (χ3n) is 3.07. The number of carbonyl (C=O) groups excluding carboxylic acids is 1. The molecule has 1 aromatic rings. The van der Waals surface area contributed by atoms with Gasteiger partial charge in [0.05, 0.1) is 18.9 Å². The summed E-state index contributed by atoms with van der Waals surface area (Å²) in [6.07, 6.45) is 2.83. The van der Waals surface area contributed by atoms with Crippen molar-refractivity contribution in [3.8, 4) is 6.07 Å². The van der Waals surface area contributed by atoms with Crippen LogP contribution in [0, 0.1) is 11.3 Å². The van der Waals surface area contributed by atoms with Crippen LogP contribution in [0.15, 0.2) is 24.3 Å². The highest BCUT2D eigenvalue weighted by Gasteiger charge is 2.32. The monoisotopic (exact) mass is 262 g/mol. The molecule has 0 heterocycles. The van der Waals surface area contributed by atoms with E-state index in [0.29, 0.717) is 30.5 Å². The van der Waals surface area contributed by atoms with Crippen LogP contribution < -0.4 is 0 Å². The number of hydrogen-bond acceptors (Lipinski definition) is 2. The van der Waals surface area contributed by atoms with Gasteiger partial charge in [-0.1, -0.05) is 29.8 Å². The van der Waals surface area contributed by atoms with Gasteiger partial charge in [0.25, 0.3) is 0 Å². The quantitative estimate of drug-likeness (QED) is 0.819. The van der Waals surface area contributed by atoms with Crippen molar-refractivity contribution < 1.29 is 4.79 Å². The minimum atomic E-state index is 0.0702. The van der Waals surface area contributed by atoms with Crippen LogP contribution in [0.5, 0.6) is 0 Å². The predicted molar refractivity (Wildman–Crippen MR) is 70.1 cm³/mol. The van der Waals surface area contributed by atoms with Crippen molar-refractivity contribution in [3.05, 3.63) is 34.9 Å².